The molecule has 0 aliphatic heterocycles. The monoisotopic (exact) mass is 408 g/mol. The summed E-state index contributed by atoms with van der Waals surface area (Å²) in [7, 11) is 1.73. The minimum absolute atomic E-state index is 0.0292. The van der Waals surface area contributed by atoms with E-state index in [1.54, 1.807) is 30.8 Å². The largest absolute Gasteiger partial charge is 0.326 e. The molecule has 0 spiro atoms. The van der Waals surface area contributed by atoms with Crippen molar-refractivity contribution in [2.75, 3.05) is 5.32 Å². The molecule has 2 aromatic rings. The van der Waals surface area contributed by atoms with Crippen molar-refractivity contribution in [1.29, 1.82) is 0 Å². The second-order valence-electron chi connectivity index (χ2n) is 6.03. The number of amides is 3. The molecule has 3 amide bonds. The molecule has 7 nitrogen and oxygen atoms in total. The van der Waals surface area contributed by atoms with Crippen LogP contribution in [0.15, 0.2) is 35.1 Å². The maximum Gasteiger partial charge on any atom is 0.326 e. The van der Waals surface area contributed by atoms with Gasteiger partial charge < -0.3 is 5.32 Å². The Bertz CT molecular complexity index is 840. The highest BCUT2D eigenvalue weighted by Gasteiger charge is 2.23. The number of rotatable bonds is 4. The van der Waals surface area contributed by atoms with Crippen LogP contribution in [0.2, 0.25) is 0 Å². The van der Waals surface area contributed by atoms with Gasteiger partial charge in [0.25, 0.3) is 5.56 Å². The molecule has 1 atom stereocenters. The SMILES string of the molecule is Cc1c(NC(=O)NC(=O)C(Br)C(C)C)c(=O)n(-c2ccccc2)n1C. The Morgan fingerprint density at radius 1 is 1.16 bits per heavy atom. The molecule has 134 valence electrons. The summed E-state index contributed by atoms with van der Waals surface area (Å²) in [4.78, 5) is 36.2. The molecule has 8 heteroatoms. The molecule has 0 aliphatic carbocycles. The van der Waals surface area contributed by atoms with Crippen molar-refractivity contribution in [3.63, 3.8) is 0 Å². The van der Waals surface area contributed by atoms with E-state index in [1.165, 1.54) is 4.68 Å². The number of alkyl halides is 1. The van der Waals surface area contributed by atoms with E-state index in [4.69, 9.17) is 0 Å². The Hall–Kier alpha value is -2.35. The van der Waals surface area contributed by atoms with E-state index >= 15 is 0 Å². The van der Waals surface area contributed by atoms with Gasteiger partial charge in [0.1, 0.15) is 5.69 Å². The van der Waals surface area contributed by atoms with Gasteiger partial charge in [0.05, 0.1) is 16.2 Å². The number of anilines is 1. The number of nitrogens with one attached hydrogen (secondary N) is 2. The first-order valence-electron chi connectivity index (χ1n) is 7.84. The standard InChI is InChI=1S/C17H21BrN4O3/c1-10(2)13(18)15(23)20-17(25)19-14-11(3)21(4)22(16(14)24)12-8-6-5-7-9-12/h5-10,13H,1-4H3,(H2,19,20,23,25). The minimum atomic E-state index is -0.735. The molecule has 0 radical (unpaired) electrons. The highest BCUT2D eigenvalue weighted by atomic mass is 79.9. The summed E-state index contributed by atoms with van der Waals surface area (Å²) in [6.45, 7) is 5.44. The number of nitrogens with zero attached hydrogens (tertiary/aromatic N) is 2. The smallest absolute Gasteiger partial charge is 0.301 e. The van der Waals surface area contributed by atoms with E-state index in [0.717, 1.165) is 0 Å². The zero-order valence-electron chi connectivity index (χ0n) is 14.5. The average Bonchev–Trinajstić information content (AvgIpc) is 2.78. The van der Waals surface area contributed by atoms with Crippen LogP contribution in [0.1, 0.15) is 19.5 Å². The number of carbonyl (C=O) groups excluding carboxylic acids is 2. The molecular weight excluding hydrogens is 388 g/mol. The van der Waals surface area contributed by atoms with Gasteiger partial charge in [0, 0.05) is 7.05 Å². The lowest BCUT2D eigenvalue weighted by molar-refractivity contribution is -0.119. The lowest BCUT2D eigenvalue weighted by atomic mass is 10.1. The van der Waals surface area contributed by atoms with E-state index in [-0.39, 0.29) is 17.2 Å². The first-order chi connectivity index (χ1) is 11.7. The van der Waals surface area contributed by atoms with Crippen molar-refractivity contribution in [1.82, 2.24) is 14.7 Å². The Morgan fingerprint density at radius 3 is 2.32 bits per heavy atom. The van der Waals surface area contributed by atoms with Crippen LogP contribution < -0.4 is 16.2 Å². The van der Waals surface area contributed by atoms with Gasteiger partial charge in [0.15, 0.2) is 0 Å². The first-order valence-corrected chi connectivity index (χ1v) is 8.75. The zero-order chi connectivity index (χ0) is 18.7. The van der Waals surface area contributed by atoms with Gasteiger partial charge in [-0.3, -0.25) is 19.6 Å². The van der Waals surface area contributed by atoms with E-state index in [0.29, 0.717) is 11.4 Å². The molecule has 1 aromatic heterocycles. The molecule has 0 fully saturated rings. The third kappa shape index (κ3) is 4.01. The Kier molecular flexibility index (Phi) is 5.84. The Labute approximate surface area is 154 Å². The fourth-order valence-corrected chi connectivity index (χ4v) is 2.46. The number of urea groups is 1. The Morgan fingerprint density at radius 2 is 1.76 bits per heavy atom. The Balaban J connectivity index is 2.25. The molecule has 1 heterocycles. The summed E-state index contributed by atoms with van der Waals surface area (Å²) >= 11 is 3.23. The third-order valence-corrected chi connectivity index (χ3v) is 5.34. The molecule has 0 saturated carbocycles. The van der Waals surface area contributed by atoms with Crippen LogP contribution in [-0.2, 0) is 11.8 Å². The van der Waals surface area contributed by atoms with Gasteiger partial charge in [-0.1, -0.05) is 48.0 Å². The van der Waals surface area contributed by atoms with Crippen LogP contribution in [-0.4, -0.2) is 26.1 Å². The second-order valence-corrected chi connectivity index (χ2v) is 7.01. The number of aromatic nitrogens is 2. The van der Waals surface area contributed by atoms with Crippen LogP contribution in [0.5, 0.6) is 0 Å². The number of imide groups is 1. The summed E-state index contributed by atoms with van der Waals surface area (Å²) in [6.07, 6.45) is 0. The van der Waals surface area contributed by atoms with E-state index in [1.807, 2.05) is 32.0 Å². The topological polar surface area (TPSA) is 85.1 Å². The van der Waals surface area contributed by atoms with Crippen molar-refractivity contribution in [3.05, 3.63) is 46.4 Å². The highest BCUT2D eigenvalue weighted by Crippen LogP contribution is 2.14. The van der Waals surface area contributed by atoms with Crippen molar-refractivity contribution in [2.24, 2.45) is 13.0 Å². The molecule has 1 unspecified atom stereocenters. The summed E-state index contributed by atoms with van der Waals surface area (Å²) < 4.78 is 3.10. The number of benzene rings is 1. The fraction of sp³-hybridized carbons (Fsp3) is 0.353. The summed E-state index contributed by atoms with van der Waals surface area (Å²) in [5.74, 6) is -0.425. The summed E-state index contributed by atoms with van der Waals surface area (Å²) in [6, 6.07) is 8.36. The third-order valence-electron chi connectivity index (χ3n) is 3.87. The summed E-state index contributed by atoms with van der Waals surface area (Å²) in [5, 5.41) is 4.73. The molecule has 0 aliphatic rings. The zero-order valence-corrected chi connectivity index (χ0v) is 16.1. The molecule has 2 N–H and O–H groups in total. The molecule has 1 aromatic carbocycles. The van der Waals surface area contributed by atoms with Crippen molar-refractivity contribution < 1.29 is 9.59 Å². The maximum atomic E-state index is 12.7. The highest BCUT2D eigenvalue weighted by molar-refractivity contribution is 9.10. The molecule has 0 saturated heterocycles. The van der Waals surface area contributed by atoms with Crippen LogP contribution in [0.3, 0.4) is 0 Å². The lowest BCUT2D eigenvalue weighted by Crippen LogP contribution is -2.41. The number of carbonyl (C=O) groups is 2. The average molecular weight is 409 g/mol. The minimum Gasteiger partial charge on any atom is -0.301 e. The van der Waals surface area contributed by atoms with Crippen molar-refractivity contribution >= 4 is 33.6 Å². The predicted molar refractivity (Wildman–Crippen MR) is 100 cm³/mol. The molecule has 25 heavy (non-hydrogen) atoms. The maximum absolute atomic E-state index is 12.7. The van der Waals surface area contributed by atoms with Crippen molar-refractivity contribution in [3.8, 4) is 5.69 Å². The van der Waals surface area contributed by atoms with E-state index in [9.17, 15) is 14.4 Å². The van der Waals surface area contributed by atoms with Gasteiger partial charge in [-0.15, -0.1) is 0 Å². The fourth-order valence-electron chi connectivity index (χ4n) is 2.34. The number of hydrogen-bond acceptors (Lipinski definition) is 3. The van der Waals surface area contributed by atoms with Crippen LogP contribution in [0.25, 0.3) is 5.69 Å². The van der Waals surface area contributed by atoms with Crippen LogP contribution in [0, 0.1) is 12.8 Å². The van der Waals surface area contributed by atoms with E-state index in [2.05, 4.69) is 26.6 Å². The predicted octanol–water partition coefficient (Wildman–Crippen LogP) is 2.55. The van der Waals surface area contributed by atoms with Gasteiger partial charge in [-0.05, 0) is 25.0 Å². The quantitative estimate of drug-likeness (QED) is 0.762. The normalized spacial score (nSPS) is 12.1. The first kappa shape index (κ1) is 19.0. The van der Waals surface area contributed by atoms with E-state index < -0.39 is 16.8 Å². The van der Waals surface area contributed by atoms with Gasteiger partial charge in [-0.2, -0.15) is 0 Å². The summed E-state index contributed by atoms with van der Waals surface area (Å²) in [5.41, 5.74) is 1.03. The molecule has 2 rings (SSSR count). The number of para-hydroxylation sites is 1. The van der Waals surface area contributed by atoms with Crippen molar-refractivity contribution in [2.45, 2.75) is 25.6 Å². The number of hydrogen-bond donors (Lipinski definition) is 2. The van der Waals surface area contributed by atoms with Crippen LogP contribution in [0.4, 0.5) is 10.5 Å². The van der Waals surface area contributed by atoms with Gasteiger partial charge >= 0.3 is 6.03 Å². The second kappa shape index (κ2) is 7.69. The molecular formula is C17H21BrN4O3. The number of halogens is 1. The van der Waals surface area contributed by atoms with Crippen LogP contribution >= 0.6 is 15.9 Å². The van der Waals surface area contributed by atoms with Gasteiger partial charge in [-0.25, -0.2) is 9.48 Å². The molecule has 0 bridgehead atoms. The lowest BCUT2D eigenvalue weighted by Gasteiger charge is -2.13. The van der Waals surface area contributed by atoms with Gasteiger partial charge in [0.2, 0.25) is 5.91 Å².